The Balaban J connectivity index is 1.76. The number of imide groups is 1. The van der Waals surface area contributed by atoms with Gasteiger partial charge in [0.05, 0.1) is 11.1 Å². The molecule has 0 bridgehead atoms. The fourth-order valence-electron chi connectivity index (χ4n) is 2.30. The molecule has 2 N–H and O–H groups in total. The van der Waals surface area contributed by atoms with E-state index in [1.54, 1.807) is 30.3 Å². The molecule has 1 aliphatic rings. The maximum absolute atomic E-state index is 12.0. The highest BCUT2D eigenvalue weighted by Gasteiger charge is 2.32. The summed E-state index contributed by atoms with van der Waals surface area (Å²) < 4.78 is 0. The van der Waals surface area contributed by atoms with Gasteiger partial charge in [-0.25, -0.2) is 4.79 Å². The van der Waals surface area contributed by atoms with Gasteiger partial charge in [-0.05, 0) is 36.4 Å². The molecule has 1 aliphatic heterocycles. The van der Waals surface area contributed by atoms with Crippen molar-refractivity contribution in [2.24, 2.45) is 0 Å². The average molecular weight is 330 g/mol. The first-order valence-corrected chi connectivity index (χ1v) is 7.13. The summed E-state index contributed by atoms with van der Waals surface area (Å²) in [5.74, 6) is -0.733. The van der Waals surface area contributed by atoms with E-state index < -0.39 is 6.03 Å². The van der Waals surface area contributed by atoms with Crippen LogP contribution in [0.3, 0.4) is 0 Å². The number of fused-ring (bicyclic) bond motifs is 1. The number of nitrogens with one attached hydrogen (secondary N) is 2. The quantitative estimate of drug-likeness (QED) is 0.830. The number of benzene rings is 2. The van der Waals surface area contributed by atoms with Crippen molar-refractivity contribution in [2.45, 2.75) is 0 Å². The highest BCUT2D eigenvalue weighted by atomic mass is 35.5. The summed E-state index contributed by atoms with van der Waals surface area (Å²) in [6, 6.07) is 10.8. The van der Waals surface area contributed by atoms with Crippen LogP contribution >= 0.6 is 11.6 Å². The molecular formula is C16H12ClN3O3. The summed E-state index contributed by atoms with van der Waals surface area (Å²) in [5, 5.41) is 5.75. The zero-order chi connectivity index (χ0) is 16.6. The molecule has 0 fully saturated rings. The van der Waals surface area contributed by atoms with Crippen molar-refractivity contribution < 1.29 is 14.4 Å². The molecule has 0 aromatic heterocycles. The molecule has 0 aliphatic carbocycles. The highest BCUT2D eigenvalue weighted by Crippen LogP contribution is 2.25. The molecule has 0 atom stereocenters. The largest absolute Gasteiger partial charge is 0.323 e. The Hall–Kier alpha value is -2.86. The molecule has 1 heterocycles. The van der Waals surface area contributed by atoms with E-state index in [1.165, 1.54) is 19.2 Å². The zero-order valence-electron chi connectivity index (χ0n) is 12.1. The van der Waals surface area contributed by atoms with Crippen LogP contribution in [0.15, 0.2) is 42.5 Å². The summed E-state index contributed by atoms with van der Waals surface area (Å²) in [4.78, 5) is 36.8. The number of amides is 4. The van der Waals surface area contributed by atoms with Crippen LogP contribution in [0.4, 0.5) is 16.2 Å². The van der Waals surface area contributed by atoms with E-state index in [9.17, 15) is 14.4 Å². The molecule has 0 saturated carbocycles. The number of hydrogen-bond acceptors (Lipinski definition) is 3. The molecule has 0 radical (unpaired) electrons. The Morgan fingerprint density at radius 1 is 0.957 bits per heavy atom. The van der Waals surface area contributed by atoms with Gasteiger partial charge in [-0.15, -0.1) is 0 Å². The Morgan fingerprint density at radius 2 is 1.61 bits per heavy atom. The van der Waals surface area contributed by atoms with Gasteiger partial charge in [-0.1, -0.05) is 17.7 Å². The number of hydrogen-bond donors (Lipinski definition) is 2. The fraction of sp³-hybridized carbons (Fsp3) is 0.0625. The predicted molar refractivity (Wildman–Crippen MR) is 87.0 cm³/mol. The average Bonchev–Trinajstić information content (AvgIpc) is 2.72. The molecule has 4 amide bonds. The van der Waals surface area contributed by atoms with Gasteiger partial charge in [0.15, 0.2) is 0 Å². The first-order valence-electron chi connectivity index (χ1n) is 6.76. The lowest BCUT2D eigenvalue weighted by Crippen LogP contribution is -2.24. The maximum atomic E-state index is 12.0. The summed E-state index contributed by atoms with van der Waals surface area (Å²) in [6.45, 7) is 0. The van der Waals surface area contributed by atoms with Crippen LogP contribution < -0.4 is 10.6 Å². The van der Waals surface area contributed by atoms with Crippen molar-refractivity contribution in [3.63, 3.8) is 0 Å². The van der Waals surface area contributed by atoms with E-state index in [2.05, 4.69) is 10.6 Å². The van der Waals surface area contributed by atoms with Crippen LogP contribution in [0.5, 0.6) is 0 Å². The zero-order valence-corrected chi connectivity index (χ0v) is 12.8. The van der Waals surface area contributed by atoms with Gasteiger partial charge in [0.2, 0.25) is 0 Å². The lowest BCUT2D eigenvalue weighted by Gasteiger charge is -2.08. The molecular weight excluding hydrogens is 318 g/mol. The molecule has 0 saturated heterocycles. The second-order valence-electron chi connectivity index (χ2n) is 5.02. The minimum Gasteiger partial charge on any atom is -0.308 e. The number of carbonyl (C=O) groups excluding carboxylic acids is 3. The minimum atomic E-state index is -0.475. The Labute approximate surface area is 137 Å². The molecule has 6 nitrogen and oxygen atoms in total. The maximum Gasteiger partial charge on any atom is 0.323 e. The van der Waals surface area contributed by atoms with Crippen molar-refractivity contribution >= 4 is 40.8 Å². The van der Waals surface area contributed by atoms with E-state index in [0.29, 0.717) is 22.0 Å². The third-order valence-corrected chi connectivity index (χ3v) is 3.67. The molecule has 0 spiro atoms. The van der Waals surface area contributed by atoms with Crippen LogP contribution in [0.2, 0.25) is 5.02 Å². The second-order valence-corrected chi connectivity index (χ2v) is 5.46. The summed E-state index contributed by atoms with van der Waals surface area (Å²) in [7, 11) is 1.42. The van der Waals surface area contributed by atoms with Crippen molar-refractivity contribution in [2.75, 3.05) is 17.7 Å². The summed E-state index contributed by atoms with van der Waals surface area (Å²) >= 11 is 5.85. The molecule has 116 valence electrons. The highest BCUT2D eigenvalue weighted by molar-refractivity contribution is 6.31. The second kappa shape index (κ2) is 5.73. The molecule has 3 rings (SSSR count). The van der Waals surface area contributed by atoms with E-state index in [1.807, 2.05) is 0 Å². The Bertz CT molecular complexity index is 835. The molecule has 23 heavy (non-hydrogen) atoms. The van der Waals surface area contributed by atoms with Crippen molar-refractivity contribution in [1.29, 1.82) is 0 Å². The molecule has 2 aromatic carbocycles. The van der Waals surface area contributed by atoms with Crippen LogP contribution in [-0.4, -0.2) is 29.8 Å². The smallest absolute Gasteiger partial charge is 0.308 e. The third kappa shape index (κ3) is 2.89. The number of urea groups is 1. The SMILES string of the molecule is CN1C(=O)c2ccc(NC(=O)Nc3cccc(Cl)c3)cc2C1=O. The van der Waals surface area contributed by atoms with E-state index in [0.717, 1.165) is 4.90 Å². The lowest BCUT2D eigenvalue weighted by atomic mass is 10.1. The summed E-state index contributed by atoms with van der Waals surface area (Å²) in [5.41, 5.74) is 1.57. The number of halogens is 1. The fourth-order valence-corrected chi connectivity index (χ4v) is 2.49. The minimum absolute atomic E-state index is 0.276. The van der Waals surface area contributed by atoms with Crippen LogP contribution in [0.25, 0.3) is 0 Å². The van der Waals surface area contributed by atoms with Gasteiger partial charge in [0.25, 0.3) is 11.8 Å². The monoisotopic (exact) mass is 329 g/mol. The molecule has 2 aromatic rings. The van der Waals surface area contributed by atoms with Crippen molar-refractivity contribution in [3.05, 3.63) is 58.6 Å². The number of rotatable bonds is 2. The van der Waals surface area contributed by atoms with Gasteiger partial charge < -0.3 is 10.6 Å². The standard InChI is InChI=1S/C16H12ClN3O3/c1-20-14(21)12-6-5-11(8-13(12)15(20)22)19-16(23)18-10-4-2-3-9(17)7-10/h2-8H,1H3,(H2,18,19,23). The van der Waals surface area contributed by atoms with Crippen LogP contribution in [-0.2, 0) is 0 Å². The third-order valence-electron chi connectivity index (χ3n) is 3.43. The van der Waals surface area contributed by atoms with E-state index in [-0.39, 0.29) is 17.4 Å². The molecule has 7 heteroatoms. The Morgan fingerprint density at radius 3 is 2.30 bits per heavy atom. The normalized spacial score (nSPS) is 13.0. The van der Waals surface area contributed by atoms with Gasteiger partial charge in [-0.2, -0.15) is 0 Å². The number of anilines is 2. The van der Waals surface area contributed by atoms with E-state index >= 15 is 0 Å². The first kappa shape index (κ1) is 15.1. The summed E-state index contributed by atoms with van der Waals surface area (Å²) in [6.07, 6.45) is 0. The number of carbonyl (C=O) groups is 3. The topological polar surface area (TPSA) is 78.5 Å². The van der Waals surface area contributed by atoms with Gasteiger partial charge >= 0.3 is 6.03 Å². The lowest BCUT2D eigenvalue weighted by molar-refractivity contribution is 0.0693. The number of nitrogens with zero attached hydrogens (tertiary/aromatic N) is 1. The van der Waals surface area contributed by atoms with Crippen molar-refractivity contribution in [1.82, 2.24) is 4.90 Å². The van der Waals surface area contributed by atoms with E-state index in [4.69, 9.17) is 11.6 Å². The van der Waals surface area contributed by atoms with Crippen LogP contribution in [0.1, 0.15) is 20.7 Å². The van der Waals surface area contributed by atoms with Gasteiger partial charge in [-0.3, -0.25) is 14.5 Å². The first-order chi connectivity index (χ1) is 11.0. The van der Waals surface area contributed by atoms with Gasteiger partial charge in [0.1, 0.15) is 0 Å². The van der Waals surface area contributed by atoms with Crippen molar-refractivity contribution in [3.8, 4) is 0 Å². The van der Waals surface area contributed by atoms with Crippen LogP contribution in [0, 0.1) is 0 Å². The predicted octanol–water partition coefficient (Wildman–Crippen LogP) is 3.21. The molecule has 0 unspecified atom stereocenters. The van der Waals surface area contributed by atoms with Gasteiger partial charge in [0, 0.05) is 23.4 Å². The Kier molecular flexibility index (Phi) is 3.75.